The van der Waals surface area contributed by atoms with Gasteiger partial charge in [-0.2, -0.15) is 8.78 Å². The van der Waals surface area contributed by atoms with Gasteiger partial charge in [-0.15, -0.1) is 11.8 Å². The Morgan fingerprint density at radius 2 is 1.67 bits per heavy atom. The van der Waals surface area contributed by atoms with Gasteiger partial charge in [-0.1, -0.05) is 12.1 Å². The lowest BCUT2D eigenvalue weighted by Gasteiger charge is -2.11. The van der Waals surface area contributed by atoms with Gasteiger partial charge in [-0.3, -0.25) is 4.79 Å². The van der Waals surface area contributed by atoms with Gasteiger partial charge in [0.25, 0.3) is 0 Å². The molecule has 0 unspecified atom stereocenters. The molecular weight excluding hydrogens is 408 g/mol. The van der Waals surface area contributed by atoms with Crippen molar-refractivity contribution < 1.29 is 23.0 Å². The van der Waals surface area contributed by atoms with Crippen molar-refractivity contribution in [3.63, 3.8) is 0 Å². The molecule has 4 nitrogen and oxygen atoms in total. The van der Waals surface area contributed by atoms with Crippen LogP contribution in [0.1, 0.15) is 27.3 Å². The molecule has 0 aliphatic carbocycles. The fourth-order valence-electron chi connectivity index (χ4n) is 3.28. The van der Waals surface area contributed by atoms with Crippen LogP contribution >= 0.6 is 11.8 Å². The first kappa shape index (κ1) is 21.9. The van der Waals surface area contributed by atoms with E-state index in [0.29, 0.717) is 11.3 Å². The number of alkyl halides is 2. The largest absolute Gasteiger partial charge is 0.497 e. The molecular formula is C23H23F2NO3S. The second-order valence-corrected chi connectivity index (χ2v) is 7.74. The molecule has 1 heterocycles. The fraction of sp³-hybridized carbons (Fsp3) is 0.261. The van der Waals surface area contributed by atoms with Crippen molar-refractivity contribution in [2.24, 2.45) is 0 Å². The summed E-state index contributed by atoms with van der Waals surface area (Å²) in [7, 11) is 1.63. The average Bonchev–Trinajstić information content (AvgIpc) is 3.03. The summed E-state index contributed by atoms with van der Waals surface area (Å²) in [6, 6.07) is 16.0. The molecule has 0 spiro atoms. The van der Waals surface area contributed by atoms with E-state index in [-0.39, 0.29) is 11.5 Å². The number of benzene rings is 2. The highest BCUT2D eigenvalue weighted by molar-refractivity contribution is 7.99. The second kappa shape index (κ2) is 9.80. The van der Waals surface area contributed by atoms with E-state index in [1.807, 2.05) is 48.7 Å². The third-order valence-corrected chi connectivity index (χ3v) is 5.72. The Balaban J connectivity index is 1.67. The van der Waals surface area contributed by atoms with Crippen molar-refractivity contribution in [1.82, 2.24) is 4.57 Å². The van der Waals surface area contributed by atoms with Crippen molar-refractivity contribution in [2.75, 3.05) is 12.9 Å². The Morgan fingerprint density at radius 1 is 1.03 bits per heavy atom. The molecule has 0 radical (unpaired) electrons. The van der Waals surface area contributed by atoms with E-state index in [2.05, 4.69) is 4.74 Å². The molecule has 30 heavy (non-hydrogen) atoms. The molecule has 0 aliphatic rings. The quantitative estimate of drug-likeness (QED) is 0.400. The Kier molecular flexibility index (Phi) is 7.15. The molecule has 3 rings (SSSR count). The van der Waals surface area contributed by atoms with E-state index in [9.17, 15) is 13.6 Å². The monoisotopic (exact) mass is 431 g/mol. The molecule has 2 aromatic carbocycles. The van der Waals surface area contributed by atoms with Crippen LogP contribution in [0.5, 0.6) is 11.5 Å². The average molecular weight is 432 g/mol. The van der Waals surface area contributed by atoms with E-state index in [1.54, 1.807) is 31.0 Å². The van der Waals surface area contributed by atoms with E-state index < -0.39 is 6.61 Å². The Hall–Kier alpha value is -2.80. The SMILES string of the molecule is COc1ccc(CSCC(=O)c2cc(C)n(-c3ccc(OC(F)F)cc3)c2C)cc1. The summed E-state index contributed by atoms with van der Waals surface area (Å²) in [4.78, 5) is 12.8. The van der Waals surface area contributed by atoms with Crippen LogP contribution in [0.2, 0.25) is 0 Å². The number of carbonyl (C=O) groups excluding carboxylic acids is 1. The van der Waals surface area contributed by atoms with Gasteiger partial charge in [0, 0.05) is 28.4 Å². The first-order valence-corrected chi connectivity index (χ1v) is 10.5. The number of rotatable bonds is 9. The Labute approximate surface area is 178 Å². The van der Waals surface area contributed by atoms with Crippen molar-refractivity contribution in [3.8, 4) is 17.2 Å². The Bertz CT molecular complexity index is 999. The maximum atomic E-state index is 12.8. The number of ether oxygens (including phenoxy) is 2. The minimum atomic E-state index is -2.86. The van der Waals surface area contributed by atoms with Gasteiger partial charge < -0.3 is 14.0 Å². The van der Waals surface area contributed by atoms with Crippen LogP contribution in [0, 0.1) is 13.8 Å². The summed E-state index contributed by atoms with van der Waals surface area (Å²) in [5.41, 5.74) is 4.31. The topological polar surface area (TPSA) is 40.5 Å². The van der Waals surface area contributed by atoms with Crippen molar-refractivity contribution in [2.45, 2.75) is 26.2 Å². The van der Waals surface area contributed by atoms with Crippen LogP contribution in [0.15, 0.2) is 54.6 Å². The Morgan fingerprint density at radius 3 is 2.27 bits per heavy atom. The number of nitrogens with zero attached hydrogens (tertiary/aromatic N) is 1. The van der Waals surface area contributed by atoms with Gasteiger partial charge in [-0.25, -0.2) is 0 Å². The zero-order chi connectivity index (χ0) is 21.7. The lowest BCUT2D eigenvalue weighted by molar-refractivity contribution is -0.0498. The summed E-state index contributed by atoms with van der Waals surface area (Å²) in [6.45, 7) is 0.945. The van der Waals surface area contributed by atoms with Crippen LogP contribution in [-0.4, -0.2) is 29.8 Å². The molecule has 0 saturated carbocycles. The smallest absolute Gasteiger partial charge is 0.387 e. The maximum Gasteiger partial charge on any atom is 0.387 e. The maximum absolute atomic E-state index is 12.8. The number of hydrogen-bond acceptors (Lipinski definition) is 4. The molecule has 7 heteroatoms. The van der Waals surface area contributed by atoms with Crippen molar-refractivity contribution in [3.05, 3.63) is 77.1 Å². The number of halogens is 2. The number of ketones is 1. The van der Waals surface area contributed by atoms with Gasteiger partial charge in [-0.05, 0) is 61.9 Å². The molecule has 3 aromatic rings. The minimum Gasteiger partial charge on any atom is -0.497 e. The zero-order valence-corrected chi connectivity index (χ0v) is 17.8. The second-order valence-electron chi connectivity index (χ2n) is 6.76. The first-order valence-electron chi connectivity index (χ1n) is 9.37. The van der Waals surface area contributed by atoms with Crippen LogP contribution in [0.4, 0.5) is 8.78 Å². The highest BCUT2D eigenvalue weighted by atomic mass is 32.2. The van der Waals surface area contributed by atoms with Gasteiger partial charge in [0.15, 0.2) is 5.78 Å². The zero-order valence-electron chi connectivity index (χ0n) is 17.0. The van der Waals surface area contributed by atoms with Gasteiger partial charge >= 0.3 is 6.61 Å². The van der Waals surface area contributed by atoms with Crippen LogP contribution in [-0.2, 0) is 5.75 Å². The number of hydrogen-bond donors (Lipinski definition) is 0. The van der Waals surface area contributed by atoms with Crippen LogP contribution in [0.3, 0.4) is 0 Å². The standard InChI is InChI=1S/C23H23F2NO3S/c1-15-12-21(22(27)14-30-13-17-4-8-19(28-3)9-5-17)16(2)26(15)18-6-10-20(11-7-18)29-23(24)25/h4-12,23H,13-14H2,1-3H3. The van der Waals surface area contributed by atoms with Crippen LogP contribution < -0.4 is 9.47 Å². The molecule has 158 valence electrons. The predicted molar refractivity (Wildman–Crippen MR) is 115 cm³/mol. The van der Waals surface area contributed by atoms with Crippen LogP contribution in [0.25, 0.3) is 5.69 Å². The molecule has 0 aliphatic heterocycles. The predicted octanol–water partition coefficient (Wildman–Crippen LogP) is 5.82. The molecule has 0 N–H and O–H groups in total. The fourth-order valence-corrected chi connectivity index (χ4v) is 4.15. The third kappa shape index (κ3) is 5.21. The van der Waals surface area contributed by atoms with E-state index in [4.69, 9.17) is 4.74 Å². The van der Waals surface area contributed by atoms with E-state index in [1.165, 1.54) is 12.1 Å². The number of thioether (sulfide) groups is 1. The lowest BCUT2D eigenvalue weighted by Crippen LogP contribution is -2.06. The van der Waals surface area contributed by atoms with Gasteiger partial charge in [0.1, 0.15) is 11.5 Å². The third-order valence-electron chi connectivity index (χ3n) is 4.71. The number of carbonyl (C=O) groups is 1. The lowest BCUT2D eigenvalue weighted by atomic mass is 10.2. The molecule has 0 saturated heterocycles. The van der Waals surface area contributed by atoms with Crippen molar-refractivity contribution >= 4 is 17.5 Å². The van der Waals surface area contributed by atoms with E-state index in [0.717, 1.165) is 34.1 Å². The highest BCUT2D eigenvalue weighted by Gasteiger charge is 2.17. The normalized spacial score (nSPS) is 11.0. The van der Waals surface area contributed by atoms with Gasteiger partial charge in [0.05, 0.1) is 12.9 Å². The number of aryl methyl sites for hydroxylation is 1. The van der Waals surface area contributed by atoms with Gasteiger partial charge in [0.2, 0.25) is 0 Å². The summed E-state index contributed by atoms with van der Waals surface area (Å²) >= 11 is 1.56. The number of Topliss-reactive ketones (excluding diaryl/α,β-unsaturated/α-hetero) is 1. The number of aromatic nitrogens is 1. The van der Waals surface area contributed by atoms with E-state index >= 15 is 0 Å². The summed E-state index contributed by atoms with van der Waals surface area (Å²) < 4.78 is 36.2. The summed E-state index contributed by atoms with van der Waals surface area (Å²) in [5, 5.41) is 0. The molecule has 0 atom stereocenters. The highest BCUT2D eigenvalue weighted by Crippen LogP contribution is 2.25. The summed E-state index contributed by atoms with van der Waals surface area (Å²) in [6.07, 6.45) is 0. The van der Waals surface area contributed by atoms with Crippen molar-refractivity contribution in [1.29, 1.82) is 0 Å². The molecule has 0 amide bonds. The first-order chi connectivity index (χ1) is 14.4. The summed E-state index contributed by atoms with van der Waals surface area (Å²) in [5.74, 6) is 2.08. The molecule has 0 bridgehead atoms. The minimum absolute atomic E-state index is 0.0607. The molecule has 1 aromatic heterocycles. The molecule has 0 fully saturated rings. The number of methoxy groups -OCH3 is 1.